The SMILES string of the molecule is COc1ccccc1C1CCC(=O)N(N)C1=O. The molecule has 0 aromatic heterocycles. The first-order valence-corrected chi connectivity index (χ1v) is 5.39. The van der Waals surface area contributed by atoms with Crippen LogP contribution >= 0.6 is 0 Å². The number of para-hydroxylation sites is 1. The van der Waals surface area contributed by atoms with Gasteiger partial charge in [0, 0.05) is 12.0 Å². The molecule has 1 unspecified atom stereocenters. The number of nitrogens with zero attached hydrogens (tertiary/aromatic N) is 1. The van der Waals surface area contributed by atoms with Crippen molar-refractivity contribution in [1.82, 2.24) is 5.01 Å². The maximum absolute atomic E-state index is 11.9. The van der Waals surface area contributed by atoms with E-state index >= 15 is 0 Å². The molecule has 0 bridgehead atoms. The summed E-state index contributed by atoms with van der Waals surface area (Å²) < 4.78 is 5.21. The third-order valence-electron chi connectivity index (χ3n) is 2.97. The Labute approximate surface area is 99.1 Å². The smallest absolute Gasteiger partial charge is 0.251 e. The van der Waals surface area contributed by atoms with E-state index in [1.54, 1.807) is 13.2 Å². The van der Waals surface area contributed by atoms with Crippen LogP contribution in [0, 0.1) is 0 Å². The molecule has 5 heteroatoms. The number of hydrazine groups is 1. The van der Waals surface area contributed by atoms with Gasteiger partial charge in [0.2, 0.25) is 5.91 Å². The summed E-state index contributed by atoms with van der Waals surface area (Å²) in [6.07, 6.45) is 0.761. The van der Waals surface area contributed by atoms with E-state index in [0.717, 1.165) is 5.56 Å². The first-order valence-electron chi connectivity index (χ1n) is 5.39. The van der Waals surface area contributed by atoms with Crippen LogP contribution in [0.4, 0.5) is 0 Å². The minimum absolute atomic E-state index is 0.283. The van der Waals surface area contributed by atoms with Crippen molar-refractivity contribution in [3.05, 3.63) is 29.8 Å². The van der Waals surface area contributed by atoms with Crippen molar-refractivity contribution >= 4 is 11.8 Å². The lowest BCUT2D eigenvalue weighted by Gasteiger charge is -2.27. The molecule has 1 fully saturated rings. The van der Waals surface area contributed by atoms with Crippen LogP contribution in [-0.2, 0) is 9.59 Å². The van der Waals surface area contributed by atoms with Crippen LogP contribution in [0.5, 0.6) is 5.75 Å². The van der Waals surface area contributed by atoms with E-state index in [0.29, 0.717) is 17.2 Å². The number of carbonyl (C=O) groups is 2. The maximum atomic E-state index is 11.9. The molecular formula is C12H14N2O3. The fourth-order valence-electron chi connectivity index (χ4n) is 2.05. The Balaban J connectivity index is 2.34. The number of hydrogen-bond acceptors (Lipinski definition) is 4. The largest absolute Gasteiger partial charge is 0.496 e. The van der Waals surface area contributed by atoms with Gasteiger partial charge in [-0.25, -0.2) is 10.9 Å². The standard InChI is InChI=1S/C12H14N2O3/c1-17-10-5-3-2-4-8(10)9-6-7-11(15)14(13)12(9)16/h2-5,9H,6-7,13H2,1H3. The Morgan fingerprint density at radius 2 is 2.06 bits per heavy atom. The second-order valence-electron chi connectivity index (χ2n) is 3.94. The van der Waals surface area contributed by atoms with E-state index in [9.17, 15) is 9.59 Å². The van der Waals surface area contributed by atoms with E-state index in [2.05, 4.69) is 0 Å². The highest BCUT2D eigenvalue weighted by Gasteiger charge is 2.34. The van der Waals surface area contributed by atoms with Gasteiger partial charge in [-0.3, -0.25) is 9.59 Å². The van der Waals surface area contributed by atoms with Gasteiger partial charge in [-0.05, 0) is 12.5 Å². The van der Waals surface area contributed by atoms with Gasteiger partial charge in [0.05, 0.1) is 13.0 Å². The highest BCUT2D eigenvalue weighted by molar-refractivity contribution is 6.00. The fraction of sp³-hybridized carbons (Fsp3) is 0.333. The summed E-state index contributed by atoms with van der Waals surface area (Å²) in [5.41, 5.74) is 0.781. The van der Waals surface area contributed by atoms with E-state index in [1.807, 2.05) is 18.2 Å². The highest BCUT2D eigenvalue weighted by Crippen LogP contribution is 2.33. The minimum atomic E-state index is -0.395. The Morgan fingerprint density at radius 3 is 2.76 bits per heavy atom. The Kier molecular flexibility index (Phi) is 3.10. The van der Waals surface area contributed by atoms with Crippen molar-refractivity contribution in [2.45, 2.75) is 18.8 Å². The molecule has 0 radical (unpaired) electrons. The van der Waals surface area contributed by atoms with Crippen molar-refractivity contribution in [1.29, 1.82) is 0 Å². The third-order valence-corrected chi connectivity index (χ3v) is 2.97. The molecule has 1 aromatic rings. The number of amides is 2. The number of methoxy groups -OCH3 is 1. The van der Waals surface area contributed by atoms with Crippen molar-refractivity contribution in [3.63, 3.8) is 0 Å². The molecule has 0 saturated carbocycles. The molecule has 17 heavy (non-hydrogen) atoms. The van der Waals surface area contributed by atoms with E-state index in [4.69, 9.17) is 10.6 Å². The predicted molar refractivity (Wildman–Crippen MR) is 61.0 cm³/mol. The lowest BCUT2D eigenvalue weighted by atomic mass is 9.89. The fourth-order valence-corrected chi connectivity index (χ4v) is 2.05. The Hall–Kier alpha value is -1.88. The van der Waals surface area contributed by atoms with Crippen molar-refractivity contribution in [2.75, 3.05) is 7.11 Å². The van der Waals surface area contributed by atoms with Crippen LogP contribution in [0.15, 0.2) is 24.3 Å². The molecule has 2 N–H and O–H groups in total. The van der Waals surface area contributed by atoms with Crippen LogP contribution in [0.2, 0.25) is 0 Å². The van der Waals surface area contributed by atoms with Crippen LogP contribution in [0.1, 0.15) is 24.3 Å². The summed E-state index contributed by atoms with van der Waals surface area (Å²) in [5.74, 6) is 4.98. The zero-order valence-corrected chi connectivity index (χ0v) is 9.55. The quantitative estimate of drug-likeness (QED) is 0.466. The summed E-state index contributed by atoms with van der Waals surface area (Å²) in [5, 5.41) is 0.709. The van der Waals surface area contributed by atoms with Crippen molar-refractivity contribution in [2.24, 2.45) is 5.84 Å². The predicted octanol–water partition coefficient (Wildman–Crippen LogP) is 0.801. The first kappa shape index (κ1) is 11.6. The second kappa shape index (κ2) is 4.55. The van der Waals surface area contributed by atoms with E-state index in [-0.39, 0.29) is 18.2 Å². The summed E-state index contributed by atoms with van der Waals surface area (Å²) in [4.78, 5) is 23.2. The molecule has 2 amide bonds. The molecule has 1 atom stereocenters. The normalized spacial score (nSPS) is 20.6. The molecule has 90 valence electrons. The zero-order valence-electron chi connectivity index (χ0n) is 9.55. The van der Waals surface area contributed by atoms with Gasteiger partial charge < -0.3 is 4.74 Å². The number of nitrogens with two attached hydrogens (primary N) is 1. The van der Waals surface area contributed by atoms with Gasteiger partial charge in [-0.1, -0.05) is 18.2 Å². The van der Waals surface area contributed by atoms with Crippen LogP contribution < -0.4 is 10.6 Å². The molecule has 1 saturated heterocycles. The lowest BCUT2D eigenvalue weighted by Crippen LogP contribution is -2.48. The number of ether oxygens (including phenoxy) is 1. The van der Waals surface area contributed by atoms with E-state index in [1.165, 1.54) is 0 Å². The summed E-state index contributed by atoms with van der Waals surface area (Å²) in [6.45, 7) is 0. The third kappa shape index (κ3) is 2.01. The second-order valence-corrected chi connectivity index (χ2v) is 3.94. The molecule has 1 aliphatic heterocycles. The van der Waals surface area contributed by atoms with E-state index < -0.39 is 5.92 Å². The topological polar surface area (TPSA) is 72.6 Å². The molecular weight excluding hydrogens is 220 g/mol. The van der Waals surface area contributed by atoms with Gasteiger partial charge in [0.15, 0.2) is 0 Å². The number of benzene rings is 1. The van der Waals surface area contributed by atoms with Crippen LogP contribution in [0.3, 0.4) is 0 Å². The molecule has 1 aliphatic rings. The monoisotopic (exact) mass is 234 g/mol. The number of piperidine rings is 1. The molecule has 0 aliphatic carbocycles. The van der Waals surface area contributed by atoms with Crippen molar-refractivity contribution in [3.8, 4) is 5.75 Å². The average molecular weight is 234 g/mol. The molecule has 1 heterocycles. The van der Waals surface area contributed by atoms with Crippen LogP contribution in [0.25, 0.3) is 0 Å². The first-order chi connectivity index (χ1) is 8.15. The van der Waals surface area contributed by atoms with Gasteiger partial charge in [-0.2, -0.15) is 0 Å². The Bertz CT molecular complexity index is 459. The number of hydrogen-bond donors (Lipinski definition) is 1. The van der Waals surface area contributed by atoms with Crippen LogP contribution in [-0.4, -0.2) is 23.9 Å². The number of imide groups is 1. The number of rotatable bonds is 2. The Morgan fingerprint density at radius 1 is 1.35 bits per heavy atom. The number of carbonyl (C=O) groups excluding carboxylic acids is 2. The molecule has 1 aromatic carbocycles. The molecule has 0 spiro atoms. The van der Waals surface area contributed by atoms with Gasteiger partial charge in [0.25, 0.3) is 5.91 Å². The highest BCUT2D eigenvalue weighted by atomic mass is 16.5. The zero-order chi connectivity index (χ0) is 12.4. The molecule has 2 rings (SSSR count). The minimum Gasteiger partial charge on any atom is -0.496 e. The average Bonchev–Trinajstić information content (AvgIpc) is 2.36. The summed E-state index contributed by atoms with van der Waals surface area (Å²) in [6, 6.07) is 7.29. The summed E-state index contributed by atoms with van der Waals surface area (Å²) in [7, 11) is 1.55. The molecule has 5 nitrogen and oxygen atoms in total. The lowest BCUT2D eigenvalue weighted by molar-refractivity contribution is -0.149. The van der Waals surface area contributed by atoms with Gasteiger partial charge >= 0.3 is 0 Å². The van der Waals surface area contributed by atoms with Crippen molar-refractivity contribution < 1.29 is 14.3 Å². The maximum Gasteiger partial charge on any atom is 0.251 e. The summed E-state index contributed by atoms with van der Waals surface area (Å²) >= 11 is 0. The van der Waals surface area contributed by atoms with Gasteiger partial charge in [-0.15, -0.1) is 0 Å². The van der Waals surface area contributed by atoms with Gasteiger partial charge in [0.1, 0.15) is 5.75 Å².